The maximum absolute atomic E-state index is 8.99. The third kappa shape index (κ3) is 8.69. The zero-order chi connectivity index (χ0) is 20.7. The Morgan fingerprint density at radius 3 is 2.28 bits per heavy atom. The van der Waals surface area contributed by atoms with Gasteiger partial charge in [0.25, 0.3) is 0 Å². The first-order valence-electron chi connectivity index (χ1n) is 11.3. The minimum atomic E-state index is 0.0815. The van der Waals surface area contributed by atoms with Crippen molar-refractivity contribution in [2.75, 3.05) is 6.61 Å². The van der Waals surface area contributed by atoms with Gasteiger partial charge in [0.1, 0.15) is 5.75 Å². The van der Waals surface area contributed by atoms with E-state index >= 15 is 0 Å². The van der Waals surface area contributed by atoms with Crippen LogP contribution in [0.1, 0.15) is 77.2 Å². The number of aromatic nitrogens is 1. The van der Waals surface area contributed by atoms with Crippen molar-refractivity contribution in [1.82, 2.24) is 4.98 Å². The molecule has 1 atom stereocenters. The highest BCUT2D eigenvalue weighted by atomic mass is 16.5. The molecule has 1 aromatic carbocycles. The fraction of sp³-hybridized carbons (Fsp3) is 0.538. The minimum absolute atomic E-state index is 0.0815. The largest absolute Gasteiger partial charge is 0.494 e. The molecule has 0 aliphatic carbocycles. The van der Waals surface area contributed by atoms with E-state index in [1.165, 1.54) is 50.5 Å². The lowest BCUT2D eigenvalue weighted by atomic mass is 10.0. The number of unbranched alkanes of at least 4 members (excludes halogenated alkanes) is 6. The van der Waals surface area contributed by atoms with Gasteiger partial charge in [-0.2, -0.15) is 5.26 Å². The van der Waals surface area contributed by atoms with E-state index in [1.807, 2.05) is 25.3 Å². The van der Waals surface area contributed by atoms with Crippen LogP contribution in [0.15, 0.2) is 42.6 Å². The van der Waals surface area contributed by atoms with E-state index in [0.29, 0.717) is 6.61 Å². The molecule has 2 rings (SSSR count). The number of rotatable bonds is 14. The van der Waals surface area contributed by atoms with Crippen molar-refractivity contribution >= 4 is 0 Å². The van der Waals surface area contributed by atoms with Crippen LogP contribution >= 0.6 is 0 Å². The van der Waals surface area contributed by atoms with E-state index in [0.717, 1.165) is 36.3 Å². The number of nitriles is 1. The van der Waals surface area contributed by atoms with Gasteiger partial charge < -0.3 is 4.74 Å². The summed E-state index contributed by atoms with van der Waals surface area (Å²) in [6.07, 6.45) is 14.2. The molecule has 0 spiro atoms. The Bertz CT molecular complexity index is 716. The van der Waals surface area contributed by atoms with Gasteiger partial charge in [0.15, 0.2) is 0 Å². The summed E-state index contributed by atoms with van der Waals surface area (Å²) in [5.41, 5.74) is 3.42. The predicted octanol–water partition coefficient (Wildman–Crippen LogP) is 7.36. The van der Waals surface area contributed by atoms with Crippen molar-refractivity contribution in [2.45, 2.75) is 78.1 Å². The highest BCUT2D eigenvalue weighted by Gasteiger charge is 2.05. The number of aryl methyl sites for hydroxylation is 1. The number of hydrogen-bond donors (Lipinski definition) is 0. The number of benzene rings is 1. The second kappa shape index (κ2) is 13.8. The van der Waals surface area contributed by atoms with Gasteiger partial charge in [-0.15, -0.1) is 0 Å². The van der Waals surface area contributed by atoms with Gasteiger partial charge in [0.2, 0.25) is 0 Å². The van der Waals surface area contributed by atoms with Crippen molar-refractivity contribution in [3.8, 4) is 23.1 Å². The van der Waals surface area contributed by atoms with Gasteiger partial charge in [-0.25, -0.2) is 0 Å². The van der Waals surface area contributed by atoms with E-state index in [2.05, 4.69) is 42.2 Å². The van der Waals surface area contributed by atoms with Crippen LogP contribution in [0.5, 0.6) is 5.75 Å². The Kier molecular flexibility index (Phi) is 10.9. The average Bonchev–Trinajstić information content (AvgIpc) is 2.77. The Balaban J connectivity index is 1.74. The first-order valence-corrected chi connectivity index (χ1v) is 11.3. The molecule has 3 heteroatoms. The molecule has 29 heavy (non-hydrogen) atoms. The third-order valence-electron chi connectivity index (χ3n) is 5.45. The molecule has 1 aromatic heterocycles. The number of nitrogens with zero attached hydrogens (tertiary/aromatic N) is 2. The molecule has 0 bridgehead atoms. The molecule has 0 N–H and O–H groups in total. The molecule has 0 saturated heterocycles. The second-order valence-corrected chi connectivity index (χ2v) is 7.82. The summed E-state index contributed by atoms with van der Waals surface area (Å²) >= 11 is 0. The van der Waals surface area contributed by atoms with Gasteiger partial charge in [-0.1, -0.05) is 58.4 Å². The molecule has 0 aliphatic heterocycles. The summed E-state index contributed by atoms with van der Waals surface area (Å²) in [5.74, 6) is 0.926. The van der Waals surface area contributed by atoms with Crippen LogP contribution in [0.4, 0.5) is 0 Å². The molecule has 0 saturated carbocycles. The summed E-state index contributed by atoms with van der Waals surface area (Å²) in [5, 5.41) is 8.99. The second-order valence-electron chi connectivity index (χ2n) is 7.82. The predicted molar refractivity (Wildman–Crippen MR) is 121 cm³/mol. The monoisotopic (exact) mass is 392 g/mol. The van der Waals surface area contributed by atoms with Gasteiger partial charge in [-0.3, -0.25) is 4.98 Å². The summed E-state index contributed by atoms with van der Waals surface area (Å²) in [6, 6.07) is 14.7. The van der Waals surface area contributed by atoms with E-state index < -0.39 is 0 Å². The van der Waals surface area contributed by atoms with E-state index in [1.54, 1.807) is 0 Å². The van der Waals surface area contributed by atoms with Crippen LogP contribution in [0, 0.1) is 17.2 Å². The summed E-state index contributed by atoms with van der Waals surface area (Å²) < 4.78 is 5.76. The fourth-order valence-electron chi connectivity index (χ4n) is 3.43. The maximum atomic E-state index is 8.99. The standard InChI is InChI=1S/C26H36N2O/c1-3-5-6-7-8-9-10-11-23-12-17-26(28-21-23)24-13-15-25(16-14-24)29-19-18-22(4-2)20-27/h12-17,21-22H,3-11,18-19H2,1-2H3. The molecule has 0 fully saturated rings. The summed E-state index contributed by atoms with van der Waals surface area (Å²) in [4.78, 5) is 4.65. The van der Waals surface area contributed by atoms with E-state index in [4.69, 9.17) is 10.00 Å². The first-order chi connectivity index (χ1) is 14.3. The molecule has 0 aliphatic rings. The van der Waals surface area contributed by atoms with Crippen LogP contribution in [-0.2, 0) is 6.42 Å². The van der Waals surface area contributed by atoms with Crippen LogP contribution in [0.3, 0.4) is 0 Å². The molecular weight excluding hydrogens is 356 g/mol. The van der Waals surface area contributed by atoms with Gasteiger partial charge in [0, 0.05) is 17.7 Å². The lowest BCUT2D eigenvalue weighted by Gasteiger charge is -2.09. The molecule has 1 unspecified atom stereocenters. The molecule has 2 aromatic rings. The van der Waals surface area contributed by atoms with Gasteiger partial charge in [-0.05, 0) is 61.6 Å². The summed E-state index contributed by atoms with van der Waals surface area (Å²) in [6.45, 7) is 4.88. The van der Waals surface area contributed by atoms with Crippen molar-refractivity contribution < 1.29 is 4.74 Å². The quantitative estimate of drug-likeness (QED) is 0.315. The Hall–Kier alpha value is -2.34. The van der Waals surface area contributed by atoms with Gasteiger partial charge >= 0.3 is 0 Å². The SMILES string of the molecule is CCCCCCCCCc1ccc(-c2ccc(OCCC(C#N)CC)cc2)nc1. The lowest BCUT2D eigenvalue weighted by molar-refractivity contribution is 0.291. The minimum Gasteiger partial charge on any atom is -0.494 e. The molecule has 0 radical (unpaired) electrons. The fourth-order valence-corrected chi connectivity index (χ4v) is 3.43. The third-order valence-corrected chi connectivity index (χ3v) is 5.45. The van der Waals surface area contributed by atoms with Crippen molar-refractivity contribution in [3.05, 3.63) is 48.2 Å². The molecular formula is C26H36N2O. The van der Waals surface area contributed by atoms with Crippen LogP contribution in [0.25, 0.3) is 11.3 Å². The molecule has 1 heterocycles. The Morgan fingerprint density at radius 2 is 1.66 bits per heavy atom. The van der Waals surface area contributed by atoms with Gasteiger partial charge in [0.05, 0.1) is 18.4 Å². The normalized spacial score (nSPS) is 11.8. The number of pyridine rings is 1. The van der Waals surface area contributed by atoms with E-state index in [9.17, 15) is 0 Å². The molecule has 3 nitrogen and oxygen atoms in total. The van der Waals surface area contributed by atoms with Crippen LogP contribution in [0.2, 0.25) is 0 Å². The van der Waals surface area contributed by atoms with Crippen LogP contribution in [-0.4, -0.2) is 11.6 Å². The Labute approximate surface area is 177 Å². The number of ether oxygens (including phenoxy) is 1. The highest BCUT2D eigenvalue weighted by Crippen LogP contribution is 2.22. The molecule has 0 amide bonds. The smallest absolute Gasteiger partial charge is 0.119 e. The summed E-state index contributed by atoms with van der Waals surface area (Å²) in [7, 11) is 0. The zero-order valence-corrected chi connectivity index (χ0v) is 18.2. The van der Waals surface area contributed by atoms with Crippen molar-refractivity contribution in [3.63, 3.8) is 0 Å². The van der Waals surface area contributed by atoms with Crippen molar-refractivity contribution in [2.24, 2.45) is 5.92 Å². The average molecular weight is 393 g/mol. The topological polar surface area (TPSA) is 45.9 Å². The highest BCUT2D eigenvalue weighted by molar-refractivity contribution is 5.60. The zero-order valence-electron chi connectivity index (χ0n) is 18.2. The Morgan fingerprint density at radius 1 is 0.931 bits per heavy atom. The number of hydrogen-bond acceptors (Lipinski definition) is 3. The lowest BCUT2D eigenvalue weighted by Crippen LogP contribution is -2.04. The molecule has 156 valence electrons. The van der Waals surface area contributed by atoms with Crippen LogP contribution < -0.4 is 4.74 Å². The van der Waals surface area contributed by atoms with E-state index in [-0.39, 0.29) is 5.92 Å². The maximum Gasteiger partial charge on any atom is 0.119 e. The first kappa shape index (κ1) is 22.9. The van der Waals surface area contributed by atoms with Crippen molar-refractivity contribution in [1.29, 1.82) is 5.26 Å².